The Labute approximate surface area is 93.6 Å². The summed E-state index contributed by atoms with van der Waals surface area (Å²) < 4.78 is 5.09. The number of carbonyl (C=O) groups excluding carboxylic acids is 1. The summed E-state index contributed by atoms with van der Waals surface area (Å²) in [5.41, 5.74) is 0.0677. The summed E-state index contributed by atoms with van der Waals surface area (Å²) in [7, 11) is 0. The van der Waals surface area contributed by atoms with Crippen LogP contribution in [0.15, 0.2) is 0 Å². The monoisotopic (exact) mass is 215 g/mol. The van der Waals surface area contributed by atoms with E-state index in [4.69, 9.17) is 4.74 Å². The number of carbonyl (C=O) groups is 1. The highest BCUT2D eigenvalue weighted by molar-refractivity contribution is 5.69. The predicted octanol–water partition coefficient (Wildman–Crippen LogP) is 2.35. The normalized spacial score (nSPS) is 11.9. The van der Waals surface area contributed by atoms with E-state index in [1.165, 1.54) is 0 Å². The van der Waals surface area contributed by atoms with Gasteiger partial charge in [-0.1, -0.05) is 13.8 Å². The number of rotatable bonds is 6. The Morgan fingerprint density at radius 3 is 2.40 bits per heavy atom. The van der Waals surface area contributed by atoms with Crippen molar-refractivity contribution >= 4 is 5.97 Å². The molecular weight excluding hydrogens is 190 g/mol. The lowest BCUT2D eigenvalue weighted by Gasteiger charge is -2.20. The lowest BCUT2D eigenvalue weighted by molar-refractivity contribution is -0.143. The number of nitrogens with one attached hydrogen (secondary N) is 1. The van der Waals surface area contributed by atoms with Crippen molar-refractivity contribution < 1.29 is 9.53 Å². The molecule has 0 radical (unpaired) electrons. The summed E-state index contributed by atoms with van der Waals surface area (Å²) in [5, 5.41) is 3.25. The zero-order valence-electron chi connectivity index (χ0n) is 10.7. The molecule has 0 saturated heterocycles. The highest BCUT2D eigenvalue weighted by atomic mass is 16.5. The maximum absolute atomic E-state index is 11.2. The van der Waals surface area contributed by atoms with Gasteiger partial charge >= 0.3 is 5.97 Å². The molecule has 0 unspecified atom stereocenters. The molecule has 0 aromatic carbocycles. The zero-order chi connectivity index (χ0) is 11.9. The molecule has 0 spiro atoms. The minimum atomic E-state index is -0.104. The van der Waals surface area contributed by atoms with Crippen molar-refractivity contribution in [3.8, 4) is 0 Å². The molecule has 0 aromatic heterocycles. The van der Waals surface area contributed by atoms with Gasteiger partial charge in [-0.3, -0.25) is 4.79 Å². The van der Waals surface area contributed by atoms with Crippen LogP contribution in [-0.2, 0) is 9.53 Å². The molecule has 3 nitrogen and oxygen atoms in total. The van der Waals surface area contributed by atoms with Crippen LogP contribution in [0.25, 0.3) is 0 Å². The van der Waals surface area contributed by atoms with Crippen molar-refractivity contribution in [2.24, 2.45) is 5.92 Å². The maximum atomic E-state index is 11.2. The third kappa shape index (κ3) is 11.4. The number of hydrogen-bond acceptors (Lipinski definition) is 3. The minimum Gasteiger partial charge on any atom is -0.466 e. The van der Waals surface area contributed by atoms with E-state index in [2.05, 4.69) is 39.9 Å². The van der Waals surface area contributed by atoms with E-state index in [0.717, 1.165) is 6.42 Å². The van der Waals surface area contributed by atoms with E-state index >= 15 is 0 Å². The van der Waals surface area contributed by atoms with Gasteiger partial charge in [-0.05, 0) is 33.1 Å². The Bertz CT molecular complexity index is 183. The van der Waals surface area contributed by atoms with Crippen molar-refractivity contribution in [2.45, 2.75) is 53.0 Å². The van der Waals surface area contributed by atoms with Gasteiger partial charge in [0.1, 0.15) is 0 Å². The van der Waals surface area contributed by atoms with Crippen LogP contribution >= 0.6 is 0 Å². The SMILES string of the molecule is CC(C)CCOC(=O)CCNC(C)(C)C. The quantitative estimate of drug-likeness (QED) is 0.691. The molecular formula is C12H25NO2. The van der Waals surface area contributed by atoms with Crippen LogP contribution in [0.3, 0.4) is 0 Å². The summed E-state index contributed by atoms with van der Waals surface area (Å²) >= 11 is 0. The first-order valence-corrected chi connectivity index (χ1v) is 5.72. The van der Waals surface area contributed by atoms with Gasteiger partial charge in [-0.15, -0.1) is 0 Å². The fourth-order valence-electron chi connectivity index (χ4n) is 1.02. The Kier molecular flexibility index (Phi) is 6.57. The van der Waals surface area contributed by atoms with Crippen LogP contribution in [0, 0.1) is 5.92 Å². The summed E-state index contributed by atoms with van der Waals surface area (Å²) in [5.74, 6) is 0.484. The zero-order valence-corrected chi connectivity index (χ0v) is 10.7. The summed E-state index contributed by atoms with van der Waals surface area (Å²) in [6, 6.07) is 0. The van der Waals surface area contributed by atoms with Gasteiger partial charge in [0.25, 0.3) is 0 Å². The topological polar surface area (TPSA) is 38.3 Å². The molecule has 0 atom stereocenters. The fraction of sp³-hybridized carbons (Fsp3) is 0.917. The lowest BCUT2D eigenvalue weighted by atomic mass is 10.1. The molecule has 0 aliphatic carbocycles. The van der Waals surface area contributed by atoms with Crippen LogP contribution in [0.5, 0.6) is 0 Å². The Hall–Kier alpha value is -0.570. The predicted molar refractivity (Wildman–Crippen MR) is 62.8 cm³/mol. The van der Waals surface area contributed by atoms with Gasteiger partial charge in [-0.25, -0.2) is 0 Å². The van der Waals surface area contributed by atoms with Crippen molar-refractivity contribution in [3.05, 3.63) is 0 Å². The third-order valence-electron chi connectivity index (χ3n) is 1.94. The second kappa shape index (κ2) is 6.83. The number of ether oxygens (including phenoxy) is 1. The van der Waals surface area contributed by atoms with Crippen LogP contribution in [0.2, 0.25) is 0 Å². The van der Waals surface area contributed by atoms with Crippen LogP contribution in [0.4, 0.5) is 0 Å². The van der Waals surface area contributed by atoms with Gasteiger partial charge in [0.05, 0.1) is 13.0 Å². The molecule has 1 N–H and O–H groups in total. The van der Waals surface area contributed by atoms with Gasteiger partial charge in [0.2, 0.25) is 0 Å². The van der Waals surface area contributed by atoms with Crippen molar-refractivity contribution in [3.63, 3.8) is 0 Å². The van der Waals surface area contributed by atoms with Gasteiger partial charge < -0.3 is 10.1 Å². The molecule has 0 aliphatic rings. The second-order valence-electron chi connectivity index (χ2n) is 5.33. The Balaban J connectivity index is 3.42. The molecule has 0 aliphatic heterocycles. The molecule has 15 heavy (non-hydrogen) atoms. The Morgan fingerprint density at radius 2 is 1.93 bits per heavy atom. The first kappa shape index (κ1) is 14.4. The third-order valence-corrected chi connectivity index (χ3v) is 1.94. The summed E-state index contributed by atoms with van der Waals surface area (Å²) in [4.78, 5) is 11.2. The number of esters is 1. The largest absolute Gasteiger partial charge is 0.466 e. The molecule has 0 fully saturated rings. The summed E-state index contributed by atoms with van der Waals surface area (Å²) in [6.07, 6.45) is 1.40. The van der Waals surface area contributed by atoms with Crippen molar-refractivity contribution in [1.82, 2.24) is 5.32 Å². The molecule has 90 valence electrons. The van der Waals surface area contributed by atoms with Gasteiger partial charge in [0.15, 0.2) is 0 Å². The van der Waals surface area contributed by atoms with E-state index in [9.17, 15) is 4.79 Å². The molecule has 3 heteroatoms. The molecule has 0 saturated carbocycles. The Morgan fingerprint density at radius 1 is 1.33 bits per heavy atom. The van der Waals surface area contributed by atoms with E-state index in [0.29, 0.717) is 25.5 Å². The first-order chi connectivity index (χ1) is 6.81. The minimum absolute atomic E-state index is 0.0677. The highest BCUT2D eigenvalue weighted by Gasteiger charge is 2.10. The second-order valence-corrected chi connectivity index (χ2v) is 5.33. The van der Waals surface area contributed by atoms with Crippen molar-refractivity contribution in [1.29, 1.82) is 0 Å². The molecule has 0 rings (SSSR count). The average molecular weight is 215 g/mol. The van der Waals surface area contributed by atoms with E-state index in [1.54, 1.807) is 0 Å². The molecule has 0 aromatic rings. The van der Waals surface area contributed by atoms with Crippen LogP contribution in [-0.4, -0.2) is 24.7 Å². The van der Waals surface area contributed by atoms with E-state index in [-0.39, 0.29) is 11.5 Å². The van der Waals surface area contributed by atoms with Gasteiger partial charge in [0, 0.05) is 12.1 Å². The lowest BCUT2D eigenvalue weighted by Crippen LogP contribution is -2.37. The van der Waals surface area contributed by atoms with E-state index < -0.39 is 0 Å². The van der Waals surface area contributed by atoms with Crippen LogP contribution < -0.4 is 5.32 Å². The van der Waals surface area contributed by atoms with Crippen LogP contribution in [0.1, 0.15) is 47.5 Å². The smallest absolute Gasteiger partial charge is 0.307 e. The highest BCUT2D eigenvalue weighted by Crippen LogP contribution is 2.01. The number of hydrogen-bond donors (Lipinski definition) is 1. The standard InChI is InChI=1S/C12H25NO2/c1-10(2)7-9-15-11(14)6-8-13-12(3,4)5/h10,13H,6-9H2,1-5H3. The maximum Gasteiger partial charge on any atom is 0.307 e. The molecule has 0 bridgehead atoms. The summed E-state index contributed by atoms with van der Waals surface area (Å²) in [6.45, 7) is 11.7. The fourth-order valence-corrected chi connectivity index (χ4v) is 1.02. The van der Waals surface area contributed by atoms with Crippen molar-refractivity contribution in [2.75, 3.05) is 13.2 Å². The van der Waals surface area contributed by atoms with Gasteiger partial charge in [-0.2, -0.15) is 0 Å². The molecule has 0 heterocycles. The van der Waals surface area contributed by atoms with E-state index in [1.807, 2.05) is 0 Å². The average Bonchev–Trinajstić information content (AvgIpc) is 2.00. The first-order valence-electron chi connectivity index (χ1n) is 5.72. The molecule has 0 amide bonds.